The summed E-state index contributed by atoms with van der Waals surface area (Å²) in [5.74, 6) is -1.01. The van der Waals surface area contributed by atoms with Crippen LogP contribution >= 0.6 is 11.8 Å². The fourth-order valence-corrected chi connectivity index (χ4v) is 4.54. The van der Waals surface area contributed by atoms with Gasteiger partial charge in [0.25, 0.3) is 5.91 Å². The number of fused-ring (bicyclic) bond motifs is 1. The molecule has 0 aliphatic carbocycles. The summed E-state index contributed by atoms with van der Waals surface area (Å²) in [5.41, 5.74) is 13.6. The van der Waals surface area contributed by atoms with Gasteiger partial charge in [-0.1, -0.05) is 72.4 Å². The molecule has 1 unspecified atom stereocenters. The van der Waals surface area contributed by atoms with Gasteiger partial charge in [-0.15, -0.1) is 0 Å². The summed E-state index contributed by atoms with van der Waals surface area (Å²) in [5, 5.41) is 9.72. The van der Waals surface area contributed by atoms with Gasteiger partial charge in [0.1, 0.15) is 11.3 Å². The monoisotopic (exact) mass is 400 g/mol. The number of hydrogen-bond donors (Lipinski definition) is 2. The quantitative estimate of drug-likeness (QED) is 0.691. The van der Waals surface area contributed by atoms with Crippen molar-refractivity contribution >= 4 is 40.2 Å². The zero-order valence-corrected chi connectivity index (χ0v) is 16.0. The van der Waals surface area contributed by atoms with Crippen molar-refractivity contribution < 1.29 is 9.59 Å². The van der Waals surface area contributed by atoms with Gasteiger partial charge >= 0.3 is 0 Å². The van der Waals surface area contributed by atoms with Crippen LogP contribution in [0.15, 0.2) is 60.7 Å². The van der Waals surface area contributed by atoms with E-state index in [2.05, 4.69) is 0 Å². The number of anilines is 1. The summed E-state index contributed by atoms with van der Waals surface area (Å²) in [6.07, 6.45) is 1.75. The first kappa shape index (κ1) is 18.6. The molecule has 7 heteroatoms. The normalized spacial score (nSPS) is 16.4. The molecule has 0 saturated heterocycles. The number of aromatic nitrogens is 1. The molecular weight excluding hydrogens is 384 g/mol. The fraction of sp³-hybridized carbons (Fsp3) is 0.0455. The molecular formula is C22H16N4O2S. The molecule has 1 amide bonds. The average molecular weight is 400 g/mol. The second-order valence-electron chi connectivity index (χ2n) is 6.47. The molecule has 4 N–H and O–H groups in total. The maximum atomic E-state index is 13.3. The van der Waals surface area contributed by atoms with Gasteiger partial charge in [-0.2, -0.15) is 5.26 Å². The molecule has 6 nitrogen and oxygen atoms in total. The smallest absolute Gasteiger partial charge is 0.257 e. The predicted molar refractivity (Wildman–Crippen MR) is 113 cm³/mol. The number of carbonyl (C=O) groups excluding carboxylic acids is 2. The van der Waals surface area contributed by atoms with Crippen molar-refractivity contribution in [2.75, 3.05) is 5.73 Å². The van der Waals surface area contributed by atoms with E-state index in [1.165, 1.54) is 4.57 Å². The third kappa shape index (κ3) is 3.10. The van der Waals surface area contributed by atoms with E-state index in [0.717, 1.165) is 22.9 Å². The highest BCUT2D eigenvalue weighted by molar-refractivity contribution is 8.10. The van der Waals surface area contributed by atoms with E-state index in [0.29, 0.717) is 5.22 Å². The molecule has 2 aromatic carbocycles. The molecule has 0 spiro atoms. The SMILES string of the molecule is N#Cc1c(N)c(=Cc2ccccc2)c2n1C(=O)C(c1ccccc1)SC=2C(N)=O. The Kier molecular flexibility index (Phi) is 4.71. The maximum absolute atomic E-state index is 13.3. The highest BCUT2D eigenvalue weighted by Gasteiger charge is 2.35. The number of carbonyl (C=O) groups is 2. The van der Waals surface area contributed by atoms with Crippen LogP contribution in [0.3, 0.4) is 0 Å². The van der Waals surface area contributed by atoms with Gasteiger partial charge in [0, 0.05) is 5.22 Å². The van der Waals surface area contributed by atoms with E-state index in [1.54, 1.807) is 18.2 Å². The number of amides is 1. The first-order chi connectivity index (χ1) is 14.0. The number of benzene rings is 2. The molecule has 1 atom stereocenters. The molecule has 142 valence electrons. The number of thioether (sulfide) groups is 1. The Labute approximate surface area is 170 Å². The third-order valence-corrected chi connectivity index (χ3v) is 6.03. The van der Waals surface area contributed by atoms with Crippen molar-refractivity contribution in [1.29, 1.82) is 5.26 Å². The van der Waals surface area contributed by atoms with Crippen LogP contribution in [0.2, 0.25) is 0 Å². The van der Waals surface area contributed by atoms with E-state index in [1.807, 2.05) is 54.6 Å². The lowest BCUT2D eigenvalue weighted by Gasteiger charge is -2.22. The summed E-state index contributed by atoms with van der Waals surface area (Å²) >= 11 is 1.09. The molecule has 1 aromatic heterocycles. The molecule has 4 rings (SSSR count). The van der Waals surface area contributed by atoms with E-state index < -0.39 is 11.2 Å². The topological polar surface area (TPSA) is 115 Å². The van der Waals surface area contributed by atoms with Gasteiger partial charge in [-0.05, 0) is 17.2 Å². The van der Waals surface area contributed by atoms with Crippen molar-refractivity contribution in [2.45, 2.75) is 5.25 Å². The van der Waals surface area contributed by atoms with Crippen LogP contribution in [0.4, 0.5) is 5.69 Å². The molecule has 3 aromatic rings. The van der Waals surface area contributed by atoms with Crippen LogP contribution < -0.4 is 22.0 Å². The molecule has 0 saturated carbocycles. The van der Waals surface area contributed by atoms with Crippen LogP contribution in [-0.4, -0.2) is 16.4 Å². The Bertz CT molecular complexity index is 1290. The largest absolute Gasteiger partial charge is 0.396 e. The number of nitrogens with zero attached hydrogens (tertiary/aromatic N) is 2. The van der Waals surface area contributed by atoms with Gasteiger partial charge in [-0.25, -0.2) is 0 Å². The van der Waals surface area contributed by atoms with Crippen molar-refractivity contribution in [2.24, 2.45) is 5.73 Å². The highest BCUT2D eigenvalue weighted by atomic mass is 32.2. The van der Waals surface area contributed by atoms with Crippen molar-refractivity contribution in [3.63, 3.8) is 0 Å². The van der Waals surface area contributed by atoms with E-state index in [-0.39, 0.29) is 27.5 Å². The van der Waals surface area contributed by atoms with Crippen LogP contribution in [-0.2, 0) is 4.79 Å². The second kappa shape index (κ2) is 7.34. The molecule has 1 aliphatic heterocycles. The minimum absolute atomic E-state index is 0.00663. The Morgan fingerprint density at radius 2 is 1.72 bits per heavy atom. The molecule has 1 aliphatic rings. The number of rotatable bonds is 3. The van der Waals surface area contributed by atoms with Gasteiger partial charge in [-0.3, -0.25) is 14.2 Å². The predicted octanol–water partition coefficient (Wildman–Crippen LogP) is 1.49. The number of primary amides is 1. The zero-order chi connectivity index (χ0) is 20.5. The standard InChI is InChI=1S/C22H16N4O2S/c23-12-16-17(24)15(11-13-7-3-1-4-8-13)18-20(21(25)27)29-19(22(28)26(16)18)14-9-5-2-6-10-14/h1-11,19H,24H2,(H2,25,27). The lowest BCUT2D eigenvalue weighted by molar-refractivity contribution is -0.112. The first-order valence-corrected chi connectivity index (χ1v) is 9.68. The number of nitriles is 1. The third-order valence-electron chi connectivity index (χ3n) is 4.69. The second-order valence-corrected chi connectivity index (χ2v) is 7.58. The maximum Gasteiger partial charge on any atom is 0.257 e. The summed E-state index contributed by atoms with van der Waals surface area (Å²) in [6.45, 7) is 0. The lowest BCUT2D eigenvalue weighted by atomic mass is 10.1. The summed E-state index contributed by atoms with van der Waals surface area (Å²) < 4.78 is 1.23. The first-order valence-electron chi connectivity index (χ1n) is 8.80. The Morgan fingerprint density at radius 3 is 2.31 bits per heavy atom. The molecule has 0 bridgehead atoms. The van der Waals surface area contributed by atoms with Gasteiger partial charge in [0.15, 0.2) is 5.69 Å². The van der Waals surface area contributed by atoms with Crippen LogP contribution in [0, 0.1) is 11.3 Å². The van der Waals surface area contributed by atoms with Crippen LogP contribution in [0.1, 0.15) is 26.9 Å². The highest BCUT2D eigenvalue weighted by Crippen LogP contribution is 2.38. The minimum atomic E-state index is -0.699. The van der Waals surface area contributed by atoms with Gasteiger partial charge < -0.3 is 11.5 Å². The summed E-state index contributed by atoms with van der Waals surface area (Å²) in [7, 11) is 0. The Hall–Kier alpha value is -3.76. The molecule has 29 heavy (non-hydrogen) atoms. The van der Waals surface area contributed by atoms with Crippen molar-refractivity contribution in [3.05, 3.63) is 88.1 Å². The van der Waals surface area contributed by atoms with Crippen LogP contribution in [0.5, 0.6) is 0 Å². The van der Waals surface area contributed by atoms with E-state index in [9.17, 15) is 14.9 Å². The number of hydrogen-bond acceptors (Lipinski definition) is 5. The van der Waals surface area contributed by atoms with Crippen molar-refractivity contribution in [3.8, 4) is 6.07 Å². The molecule has 0 fully saturated rings. The van der Waals surface area contributed by atoms with Crippen LogP contribution in [0.25, 0.3) is 11.0 Å². The summed E-state index contributed by atoms with van der Waals surface area (Å²) in [6, 6.07) is 20.4. The van der Waals surface area contributed by atoms with Crippen molar-refractivity contribution in [1.82, 2.24) is 4.57 Å². The Balaban J connectivity index is 2.08. The number of nitrogen functional groups attached to an aromatic ring is 1. The fourth-order valence-electron chi connectivity index (χ4n) is 3.38. The minimum Gasteiger partial charge on any atom is -0.396 e. The average Bonchev–Trinajstić information content (AvgIpc) is 3.01. The van der Waals surface area contributed by atoms with E-state index in [4.69, 9.17) is 11.5 Å². The van der Waals surface area contributed by atoms with E-state index >= 15 is 0 Å². The van der Waals surface area contributed by atoms with Gasteiger partial charge in [0.2, 0.25) is 5.91 Å². The lowest BCUT2D eigenvalue weighted by Crippen LogP contribution is -2.43. The molecule has 2 heterocycles. The van der Waals surface area contributed by atoms with Gasteiger partial charge in [0.05, 0.1) is 15.9 Å². The Morgan fingerprint density at radius 1 is 1.10 bits per heavy atom. The number of nitrogens with two attached hydrogens (primary N) is 2. The zero-order valence-electron chi connectivity index (χ0n) is 15.2. The molecule has 0 radical (unpaired) electrons. The summed E-state index contributed by atoms with van der Waals surface area (Å²) in [4.78, 5) is 25.9.